The van der Waals surface area contributed by atoms with E-state index in [2.05, 4.69) is 4.52 Å². The summed E-state index contributed by atoms with van der Waals surface area (Å²) in [7, 11) is 1.14. The minimum absolute atomic E-state index is 0.0360. The lowest BCUT2D eigenvalue weighted by Crippen LogP contribution is -2.37. The van der Waals surface area contributed by atoms with Crippen LogP contribution in [0, 0.1) is 0 Å². The molecule has 0 aliphatic heterocycles. The third-order valence-corrected chi connectivity index (χ3v) is 4.61. The van der Waals surface area contributed by atoms with E-state index in [1.54, 1.807) is 0 Å². The van der Waals surface area contributed by atoms with E-state index in [4.69, 9.17) is 14.4 Å². The largest absolute Gasteiger partial charge is 0.756 e. The maximum absolute atomic E-state index is 11.6. The van der Waals surface area contributed by atoms with Crippen molar-refractivity contribution >= 4 is 19.8 Å². The molecule has 0 saturated carbocycles. The van der Waals surface area contributed by atoms with E-state index in [1.807, 2.05) is 21.1 Å². The zero-order chi connectivity index (χ0) is 21.6. The number of aliphatic hydroxyl groups is 1. The van der Waals surface area contributed by atoms with Crippen LogP contribution < -0.4 is 4.89 Å². The van der Waals surface area contributed by atoms with Crippen molar-refractivity contribution in [2.75, 3.05) is 47.5 Å². The average molecular weight is 427 g/mol. The minimum Gasteiger partial charge on any atom is -0.756 e. The molecule has 0 aliphatic rings. The maximum Gasteiger partial charge on any atom is 0.305 e. The fourth-order valence-electron chi connectivity index (χ4n) is 2.03. The van der Waals surface area contributed by atoms with Crippen LogP contribution in [-0.4, -0.2) is 80.2 Å². The summed E-state index contributed by atoms with van der Waals surface area (Å²) in [5.41, 5.74) is 0. The van der Waals surface area contributed by atoms with Gasteiger partial charge in [-0.1, -0.05) is 19.3 Å². The van der Waals surface area contributed by atoms with Gasteiger partial charge in [-0.25, -0.2) is 0 Å². The highest BCUT2D eigenvalue weighted by Gasteiger charge is 2.16. The molecule has 0 aromatic carbocycles. The second kappa shape index (κ2) is 14.0. The molecule has 0 heterocycles. The third kappa shape index (κ3) is 18.3. The molecule has 1 unspecified atom stereocenters. The lowest BCUT2D eigenvalue weighted by atomic mass is 10.1. The number of quaternary nitrogens is 1. The first kappa shape index (κ1) is 27.0. The Bertz CT molecular complexity index is 507. The fourth-order valence-corrected chi connectivity index (χ4v) is 2.76. The molecule has 0 rings (SSSR count). The zero-order valence-corrected chi connectivity index (χ0v) is 17.9. The summed E-state index contributed by atoms with van der Waals surface area (Å²) in [4.78, 5) is 33.5. The van der Waals surface area contributed by atoms with E-state index in [-0.39, 0.29) is 26.1 Å². The van der Waals surface area contributed by atoms with Gasteiger partial charge in [0.15, 0.2) is 0 Å². The maximum atomic E-state index is 11.6. The Balaban J connectivity index is 3.76. The number of aliphatic carboxylic acids is 1. The number of unbranched alkanes of at least 4 members (excludes halogenated alkanes) is 4. The van der Waals surface area contributed by atoms with Crippen molar-refractivity contribution in [2.45, 2.75) is 51.0 Å². The van der Waals surface area contributed by atoms with Gasteiger partial charge >= 0.3 is 11.9 Å². The van der Waals surface area contributed by atoms with Crippen LogP contribution in [-0.2, 0) is 27.9 Å². The predicted octanol–water partition coefficient (Wildman–Crippen LogP) is 0.914. The quantitative estimate of drug-likeness (QED) is 0.150. The number of carboxylic acid groups (broad SMARTS) is 1. The van der Waals surface area contributed by atoms with Gasteiger partial charge in [0.25, 0.3) is 7.82 Å². The van der Waals surface area contributed by atoms with Crippen LogP contribution in [0.4, 0.5) is 0 Å². The van der Waals surface area contributed by atoms with Crippen molar-refractivity contribution < 1.29 is 47.5 Å². The van der Waals surface area contributed by atoms with Gasteiger partial charge in [-0.3, -0.25) is 14.2 Å². The number of esters is 1. The van der Waals surface area contributed by atoms with Crippen LogP contribution in [0.3, 0.4) is 0 Å². The molecule has 0 amide bonds. The predicted molar refractivity (Wildman–Crippen MR) is 99.3 cm³/mol. The summed E-state index contributed by atoms with van der Waals surface area (Å²) in [6.07, 6.45) is 2.70. The molecule has 2 atom stereocenters. The molecule has 10 nitrogen and oxygen atoms in total. The number of ether oxygens (including phenoxy) is 1. The number of carbonyl (C=O) groups excluding carboxylic acids is 1. The van der Waals surface area contributed by atoms with E-state index in [0.29, 0.717) is 23.9 Å². The van der Waals surface area contributed by atoms with E-state index < -0.39 is 32.5 Å². The Kier molecular flexibility index (Phi) is 13.5. The first-order valence-electron chi connectivity index (χ1n) is 9.37. The van der Waals surface area contributed by atoms with E-state index in [9.17, 15) is 24.2 Å². The van der Waals surface area contributed by atoms with E-state index >= 15 is 0 Å². The van der Waals surface area contributed by atoms with Crippen LogP contribution in [0.2, 0.25) is 0 Å². The number of hydrogen-bond donors (Lipinski definition) is 2. The summed E-state index contributed by atoms with van der Waals surface area (Å²) in [5.74, 6) is -1.30. The topological polar surface area (TPSA) is 142 Å². The number of phosphoric acid groups is 1. The summed E-state index contributed by atoms with van der Waals surface area (Å²) in [5, 5.41) is 18.2. The molecule has 0 aromatic heterocycles. The Hall–Kier alpha value is -1.03. The number of carbonyl (C=O) groups is 2. The molecule has 0 radical (unpaired) electrons. The zero-order valence-electron chi connectivity index (χ0n) is 17.0. The van der Waals surface area contributed by atoms with E-state index in [0.717, 1.165) is 19.3 Å². The molecule has 28 heavy (non-hydrogen) atoms. The number of phosphoric ester groups is 1. The third-order valence-electron chi connectivity index (χ3n) is 3.64. The van der Waals surface area contributed by atoms with Crippen LogP contribution in [0.5, 0.6) is 0 Å². The average Bonchev–Trinajstić information content (AvgIpc) is 2.55. The van der Waals surface area contributed by atoms with Crippen LogP contribution in [0.1, 0.15) is 44.9 Å². The lowest BCUT2D eigenvalue weighted by Gasteiger charge is -2.27. The summed E-state index contributed by atoms with van der Waals surface area (Å²) in [6.45, 7) is -0.487. The molecular weight excluding hydrogens is 393 g/mol. The van der Waals surface area contributed by atoms with E-state index in [1.165, 1.54) is 0 Å². The second-order valence-electron chi connectivity index (χ2n) is 7.59. The monoisotopic (exact) mass is 427 g/mol. The first-order chi connectivity index (χ1) is 12.9. The van der Waals surface area contributed by atoms with Crippen LogP contribution in [0.25, 0.3) is 0 Å². The summed E-state index contributed by atoms with van der Waals surface area (Å²) in [6, 6.07) is 0. The van der Waals surface area contributed by atoms with Crippen molar-refractivity contribution in [3.8, 4) is 0 Å². The number of hydrogen-bond acceptors (Lipinski definition) is 8. The Morgan fingerprint density at radius 3 is 2.14 bits per heavy atom. The smallest absolute Gasteiger partial charge is 0.305 e. The molecule has 0 fully saturated rings. The minimum atomic E-state index is -4.51. The van der Waals surface area contributed by atoms with Crippen LogP contribution in [0.15, 0.2) is 0 Å². The molecule has 0 aliphatic carbocycles. The van der Waals surface area contributed by atoms with Gasteiger partial charge in [-0.15, -0.1) is 0 Å². The van der Waals surface area contributed by atoms with Crippen molar-refractivity contribution in [3.05, 3.63) is 0 Å². The molecule has 11 heteroatoms. The van der Waals surface area contributed by atoms with Gasteiger partial charge in [0.1, 0.15) is 25.9 Å². The number of likely N-dealkylation sites (N-methyl/N-ethyl adjacent to an activating group) is 1. The molecule has 0 saturated heterocycles. The van der Waals surface area contributed by atoms with Crippen molar-refractivity contribution in [3.63, 3.8) is 0 Å². The fraction of sp³-hybridized carbons (Fsp3) is 0.882. The molecular formula is C17H34NO9P. The standard InChI is InChI=1S/C17H34NO9P/c1-18(2,3)11-12-26-28(23,24)27-14-15(19)13-25-17(22)10-8-6-4-5-7-9-16(20)21/h15,19H,4-14H2,1-3H3,(H-,20,21,23,24)/t15-/m1/s1. The van der Waals surface area contributed by atoms with Gasteiger partial charge in [-0.05, 0) is 12.8 Å². The Morgan fingerprint density at radius 2 is 1.57 bits per heavy atom. The highest BCUT2D eigenvalue weighted by Crippen LogP contribution is 2.38. The molecule has 2 N–H and O–H groups in total. The normalized spacial score (nSPS) is 15.0. The Morgan fingerprint density at radius 1 is 1.00 bits per heavy atom. The molecule has 0 aromatic rings. The molecule has 0 bridgehead atoms. The summed E-state index contributed by atoms with van der Waals surface area (Å²) < 4.78 is 26.2. The van der Waals surface area contributed by atoms with Gasteiger partial charge in [0.2, 0.25) is 0 Å². The van der Waals surface area contributed by atoms with Gasteiger partial charge in [-0.2, -0.15) is 0 Å². The first-order valence-corrected chi connectivity index (χ1v) is 10.8. The second-order valence-corrected chi connectivity index (χ2v) is 9.00. The number of nitrogens with zero attached hydrogens (tertiary/aromatic N) is 1. The molecule has 166 valence electrons. The van der Waals surface area contributed by atoms with Gasteiger partial charge in [0.05, 0.1) is 27.7 Å². The van der Waals surface area contributed by atoms with Gasteiger partial charge < -0.3 is 33.4 Å². The number of aliphatic hydroxyl groups excluding tert-OH is 1. The van der Waals surface area contributed by atoms with Gasteiger partial charge in [0, 0.05) is 12.8 Å². The number of carboxylic acids is 1. The molecule has 0 spiro atoms. The van der Waals surface area contributed by atoms with Crippen molar-refractivity contribution in [1.82, 2.24) is 0 Å². The summed E-state index contributed by atoms with van der Waals surface area (Å²) >= 11 is 0. The van der Waals surface area contributed by atoms with Crippen molar-refractivity contribution in [2.24, 2.45) is 0 Å². The lowest BCUT2D eigenvalue weighted by molar-refractivity contribution is -0.870. The highest BCUT2D eigenvalue weighted by atomic mass is 31.2. The van der Waals surface area contributed by atoms with Crippen LogP contribution >= 0.6 is 7.82 Å². The highest BCUT2D eigenvalue weighted by molar-refractivity contribution is 7.45. The van der Waals surface area contributed by atoms with Crippen molar-refractivity contribution in [1.29, 1.82) is 0 Å². The SMILES string of the molecule is C[N+](C)(C)CCOP(=O)([O-])OC[C@H](O)COC(=O)CCCCCCCC(=O)O. The number of rotatable bonds is 17. The Labute approximate surface area is 166 Å².